The number of hydrogen-bond donors (Lipinski definition) is 0. The minimum atomic E-state index is -0.299. The van der Waals surface area contributed by atoms with Crippen molar-refractivity contribution in [2.24, 2.45) is 0 Å². The molecule has 0 aliphatic heterocycles. The minimum Gasteiger partial charge on any atom is -0.279 e. The third-order valence-electron chi connectivity index (χ3n) is 5.70. The third-order valence-corrected chi connectivity index (χ3v) is 8.03. The zero-order chi connectivity index (χ0) is 23.1. The number of nitrogens with zero attached hydrogens (tertiary/aromatic N) is 2. The topological polar surface area (TPSA) is 28.7 Å². The minimum absolute atomic E-state index is 0.299. The largest absolute Gasteiger partial charge is 0.279 e. The first-order chi connectivity index (χ1) is 16.0. The molecule has 0 spiro atoms. The highest BCUT2D eigenvalue weighted by Crippen LogP contribution is 2.46. The van der Waals surface area contributed by atoms with E-state index < -0.39 is 0 Å². The number of aryl methyl sites for hydroxylation is 2. The summed E-state index contributed by atoms with van der Waals surface area (Å²) in [4.78, 5) is 1.71. The number of halogens is 2. The summed E-state index contributed by atoms with van der Waals surface area (Å²) in [5, 5.41) is 12.5. The lowest BCUT2D eigenvalue weighted by Gasteiger charge is -2.13. The SMILES string of the molecule is Cc1ccc(Sn2c(-c3cccc(Br)c3)c(-c3ccsc3C#N)c3cc(F)ccc32)cc1C. The molecule has 0 aliphatic carbocycles. The van der Waals surface area contributed by atoms with Crippen molar-refractivity contribution in [3.8, 4) is 28.5 Å². The van der Waals surface area contributed by atoms with E-state index in [2.05, 4.69) is 70.2 Å². The second-order valence-electron chi connectivity index (χ2n) is 7.80. The standard InChI is InChI=1S/C27H18BrFN2S2/c1-16-6-8-21(12-17(16)2)33-31-24-9-7-20(29)14-23(24)26(22-10-11-32-25(22)15-30)27(31)18-4-3-5-19(28)13-18/h3-14H,1-2H3. The summed E-state index contributed by atoms with van der Waals surface area (Å²) in [5.74, 6) is -0.299. The Morgan fingerprint density at radius 1 is 1.00 bits per heavy atom. The molecule has 33 heavy (non-hydrogen) atoms. The van der Waals surface area contributed by atoms with Crippen LogP contribution >= 0.6 is 39.2 Å². The summed E-state index contributed by atoms with van der Waals surface area (Å²) in [5.41, 5.74) is 6.99. The fourth-order valence-electron chi connectivity index (χ4n) is 3.97. The molecule has 0 bridgehead atoms. The summed E-state index contributed by atoms with van der Waals surface area (Å²) in [6.45, 7) is 4.20. The zero-order valence-corrected chi connectivity index (χ0v) is 21.1. The molecule has 0 radical (unpaired) electrons. The van der Waals surface area contributed by atoms with E-state index in [1.54, 1.807) is 18.0 Å². The van der Waals surface area contributed by atoms with Crippen LogP contribution in [-0.4, -0.2) is 3.97 Å². The first-order valence-corrected chi connectivity index (χ1v) is 12.7. The van der Waals surface area contributed by atoms with Crippen molar-refractivity contribution < 1.29 is 4.39 Å². The number of benzene rings is 3. The second kappa shape index (κ2) is 8.83. The van der Waals surface area contributed by atoms with Gasteiger partial charge >= 0.3 is 0 Å². The van der Waals surface area contributed by atoms with E-state index in [0.29, 0.717) is 4.88 Å². The number of fused-ring (bicyclic) bond motifs is 1. The van der Waals surface area contributed by atoms with Crippen LogP contribution in [0, 0.1) is 31.0 Å². The van der Waals surface area contributed by atoms with E-state index in [0.717, 1.165) is 42.7 Å². The number of aromatic nitrogens is 1. The molecule has 0 aliphatic rings. The van der Waals surface area contributed by atoms with E-state index in [1.807, 2.05) is 29.6 Å². The van der Waals surface area contributed by atoms with Crippen molar-refractivity contribution in [1.29, 1.82) is 5.26 Å². The van der Waals surface area contributed by atoms with Gasteiger partial charge in [0.05, 0.1) is 11.2 Å². The lowest BCUT2D eigenvalue weighted by molar-refractivity contribution is 0.629. The maximum atomic E-state index is 14.5. The second-order valence-corrected chi connectivity index (χ2v) is 10.7. The maximum Gasteiger partial charge on any atom is 0.123 e. The quantitative estimate of drug-likeness (QED) is 0.231. The van der Waals surface area contributed by atoms with Crippen LogP contribution in [0.3, 0.4) is 0 Å². The number of thiophene rings is 1. The molecule has 2 aromatic heterocycles. The summed E-state index contributed by atoms with van der Waals surface area (Å²) in [7, 11) is 0. The molecule has 6 heteroatoms. The van der Waals surface area contributed by atoms with E-state index in [-0.39, 0.29) is 5.82 Å². The van der Waals surface area contributed by atoms with Gasteiger partial charge in [0.25, 0.3) is 0 Å². The van der Waals surface area contributed by atoms with Crippen LogP contribution in [0.25, 0.3) is 33.3 Å². The Balaban J connectivity index is 1.88. The Labute approximate surface area is 208 Å². The van der Waals surface area contributed by atoms with Crippen LogP contribution in [0.15, 0.2) is 81.5 Å². The Kier molecular flexibility index (Phi) is 5.88. The van der Waals surface area contributed by atoms with E-state index >= 15 is 0 Å². The van der Waals surface area contributed by atoms with Gasteiger partial charge in [-0.3, -0.25) is 3.97 Å². The van der Waals surface area contributed by atoms with Gasteiger partial charge < -0.3 is 0 Å². The molecule has 3 aromatic carbocycles. The Hall–Kier alpha value is -2.85. The lowest BCUT2D eigenvalue weighted by Crippen LogP contribution is -1.93. The van der Waals surface area contributed by atoms with Crippen molar-refractivity contribution in [3.05, 3.63) is 98.4 Å². The van der Waals surface area contributed by atoms with Gasteiger partial charge in [0, 0.05) is 31.4 Å². The first-order valence-electron chi connectivity index (χ1n) is 10.3. The number of rotatable bonds is 4. The van der Waals surface area contributed by atoms with Gasteiger partial charge in [0.2, 0.25) is 0 Å². The summed E-state index contributed by atoms with van der Waals surface area (Å²) in [6.07, 6.45) is 0. The van der Waals surface area contributed by atoms with Crippen LogP contribution < -0.4 is 0 Å². The smallest absolute Gasteiger partial charge is 0.123 e. The van der Waals surface area contributed by atoms with Crippen molar-refractivity contribution in [1.82, 2.24) is 3.97 Å². The number of hydrogen-bond acceptors (Lipinski definition) is 3. The van der Waals surface area contributed by atoms with E-state index in [4.69, 9.17) is 0 Å². The normalized spacial score (nSPS) is 11.1. The average molecular weight is 533 g/mol. The van der Waals surface area contributed by atoms with Crippen LogP contribution in [0.2, 0.25) is 0 Å². The lowest BCUT2D eigenvalue weighted by atomic mass is 9.99. The van der Waals surface area contributed by atoms with Gasteiger partial charge in [0.15, 0.2) is 0 Å². The van der Waals surface area contributed by atoms with Crippen molar-refractivity contribution in [3.63, 3.8) is 0 Å². The first kappa shape index (κ1) is 22.0. The molecule has 5 rings (SSSR count). The molecule has 0 saturated carbocycles. The molecule has 0 saturated heterocycles. The van der Waals surface area contributed by atoms with Gasteiger partial charge in [-0.1, -0.05) is 34.1 Å². The highest BCUT2D eigenvalue weighted by atomic mass is 79.9. The monoisotopic (exact) mass is 532 g/mol. The maximum absolute atomic E-state index is 14.5. The molecule has 5 aromatic rings. The molecule has 162 valence electrons. The Morgan fingerprint density at radius 2 is 1.85 bits per heavy atom. The summed E-state index contributed by atoms with van der Waals surface area (Å²) >= 11 is 6.60. The van der Waals surface area contributed by atoms with Crippen LogP contribution in [0.5, 0.6) is 0 Å². The highest BCUT2D eigenvalue weighted by Gasteiger charge is 2.24. The molecular formula is C27H18BrFN2S2. The summed E-state index contributed by atoms with van der Waals surface area (Å²) < 4.78 is 17.6. The molecule has 2 nitrogen and oxygen atoms in total. The summed E-state index contributed by atoms with van der Waals surface area (Å²) in [6, 6.07) is 23.6. The molecular weight excluding hydrogens is 515 g/mol. The third kappa shape index (κ3) is 4.02. The fourth-order valence-corrected chi connectivity index (χ4v) is 6.17. The Morgan fingerprint density at radius 3 is 2.61 bits per heavy atom. The molecule has 0 fully saturated rings. The fraction of sp³-hybridized carbons (Fsp3) is 0.0741. The zero-order valence-electron chi connectivity index (χ0n) is 17.9. The molecule has 0 unspecified atom stereocenters. The predicted molar refractivity (Wildman–Crippen MR) is 140 cm³/mol. The van der Waals surface area contributed by atoms with Crippen molar-refractivity contribution >= 4 is 50.1 Å². The van der Waals surface area contributed by atoms with Gasteiger partial charge in [-0.25, -0.2) is 4.39 Å². The van der Waals surface area contributed by atoms with Gasteiger partial charge in [0.1, 0.15) is 16.8 Å². The van der Waals surface area contributed by atoms with Crippen LogP contribution in [0.4, 0.5) is 4.39 Å². The van der Waals surface area contributed by atoms with Crippen molar-refractivity contribution in [2.75, 3.05) is 0 Å². The molecule has 0 amide bonds. The van der Waals surface area contributed by atoms with Gasteiger partial charge in [-0.2, -0.15) is 5.26 Å². The highest BCUT2D eigenvalue weighted by molar-refractivity contribution is 9.10. The molecule has 0 N–H and O–H groups in total. The average Bonchev–Trinajstić information content (AvgIpc) is 3.38. The molecule has 2 heterocycles. The van der Waals surface area contributed by atoms with Crippen LogP contribution in [-0.2, 0) is 0 Å². The van der Waals surface area contributed by atoms with E-state index in [9.17, 15) is 9.65 Å². The van der Waals surface area contributed by atoms with Gasteiger partial charge in [-0.15, -0.1) is 11.3 Å². The Bertz CT molecular complexity index is 1560. The van der Waals surface area contributed by atoms with E-state index in [1.165, 1.54) is 28.5 Å². The van der Waals surface area contributed by atoms with Gasteiger partial charge in [-0.05, 0) is 90.8 Å². The predicted octanol–water partition coefficient (Wildman–Crippen LogP) is 8.98. The van der Waals surface area contributed by atoms with Crippen LogP contribution in [0.1, 0.15) is 16.0 Å². The van der Waals surface area contributed by atoms with Crippen molar-refractivity contribution in [2.45, 2.75) is 18.7 Å². The number of nitriles is 1. The molecule has 0 atom stereocenters.